The molecule has 0 heterocycles. The van der Waals surface area contributed by atoms with E-state index in [9.17, 15) is 4.79 Å². The summed E-state index contributed by atoms with van der Waals surface area (Å²) in [5, 5.41) is 2.97. The fraction of sp³-hybridized carbons (Fsp3) is 0.588. The van der Waals surface area contributed by atoms with E-state index in [2.05, 4.69) is 17.4 Å². The lowest BCUT2D eigenvalue weighted by Gasteiger charge is -2.57. The highest BCUT2D eigenvalue weighted by Crippen LogP contribution is 2.49. The number of carbonyl (C=O) groups is 1. The van der Waals surface area contributed by atoms with Crippen LogP contribution in [0.5, 0.6) is 0 Å². The smallest absolute Gasteiger partial charge is 0.240 e. The molecule has 1 fully saturated rings. The molecule has 0 spiro atoms. The second-order valence-corrected chi connectivity index (χ2v) is 7.43. The van der Waals surface area contributed by atoms with Gasteiger partial charge in [-0.15, -0.1) is 11.8 Å². The highest BCUT2D eigenvalue weighted by atomic mass is 32.2. The molecule has 4 nitrogen and oxygen atoms in total. The number of carbonyl (C=O) groups excluding carboxylic acids is 1. The van der Waals surface area contributed by atoms with Crippen LogP contribution < -0.4 is 11.1 Å². The van der Waals surface area contributed by atoms with Crippen LogP contribution in [0.2, 0.25) is 0 Å². The molecule has 0 radical (unpaired) electrons. The Kier molecular flexibility index (Phi) is 5.53. The summed E-state index contributed by atoms with van der Waals surface area (Å²) in [6, 6.07) is 10.2. The van der Waals surface area contributed by atoms with Crippen LogP contribution in [0.3, 0.4) is 0 Å². The van der Waals surface area contributed by atoms with Crippen molar-refractivity contribution < 1.29 is 9.53 Å². The maximum atomic E-state index is 12.4. The first kappa shape index (κ1) is 17.3. The Hall–Kier alpha value is -1.04. The molecule has 2 unspecified atom stereocenters. The predicted octanol–water partition coefficient (Wildman–Crippen LogP) is 2.43. The van der Waals surface area contributed by atoms with Crippen LogP contribution in [-0.2, 0) is 9.53 Å². The first-order chi connectivity index (χ1) is 10.4. The largest absolute Gasteiger partial charge is 0.378 e. The van der Waals surface area contributed by atoms with E-state index in [1.54, 1.807) is 11.8 Å². The summed E-state index contributed by atoms with van der Waals surface area (Å²) in [6.45, 7) is 7.25. The molecular formula is C17H26N2O2S. The van der Waals surface area contributed by atoms with E-state index in [0.717, 1.165) is 5.75 Å². The lowest BCUT2D eigenvalue weighted by atomic mass is 9.54. The van der Waals surface area contributed by atoms with Crippen molar-refractivity contribution in [3.05, 3.63) is 30.3 Å². The number of nitrogens with two attached hydrogens (primary N) is 1. The van der Waals surface area contributed by atoms with Gasteiger partial charge >= 0.3 is 0 Å². The minimum atomic E-state index is -0.829. The summed E-state index contributed by atoms with van der Waals surface area (Å²) in [5.41, 5.74) is 5.18. The lowest BCUT2D eigenvalue weighted by Crippen LogP contribution is -2.75. The van der Waals surface area contributed by atoms with Crippen LogP contribution in [0.4, 0.5) is 0 Å². The van der Waals surface area contributed by atoms with Gasteiger partial charge in [0.05, 0.1) is 6.10 Å². The SMILES string of the molecule is CCOC1CC(N)(C(=O)NCCSc2ccccc2)C1(C)C. The zero-order valence-corrected chi connectivity index (χ0v) is 14.4. The summed E-state index contributed by atoms with van der Waals surface area (Å²) in [4.78, 5) is 13.6. The Morgan fingerprint density at radius 1 is 1.41 bits per heavy atom. The Balaban J connectivity index is 1.78. The van der Waals surface area contributed by atoms with Crippen molar-refractivity contribution in [2.75, 3.05) is 18.9 Å². The van der Waals surface area contributed by atoms with Crippen molar-refractivity contribution in [1.29, 1.82) is 0 Å². The third-order valence-electron chi connectivity index (χ3n) is 4.63. The maximum Gasteiger partial charge on any atom is 0.240 e. The van der Waals surface area contributed by atoms with Gasteiger partial charge in [0, 0.05) is 35.6 Å². The molecule has 3 N–H and O–H groups in total. The third kappa shape index (κ3) is 3.31. The van der Waals surface area contributed by atoms with E-state index >= 15 is 0 Å². The van der Waals surface area contributed by atoms with Crippen LogP contribution in [0, 0.1) is 5.41 Å². The fourth-order valence-electron chi connectivity index (χ4n) is 2.83. The molecule has 1 saturated carbocycles. The van der Waals surface area contributed by atoms with Gasteiger partial charge in [0.2, 0.25) is 5.91 Å². The number of benzene rings is 1. The van der Waals surface area contributed by atoms with Gasteiger partial charge in [-0.2, -0.15) is 0 Å². The van der Waals surface area contributed by atoms with Gasteiger partial charge in [0.15, 0.2) is 0 Å². The number of hydrogen-bond acceptors (Lipinski definition) is 4. The fourth-order valence-corrected chi connectivity index (χ4v) is 3.62. The summed E-state index contributed by atoms with van der Waals surface area (Å²) in [7, 11) is 0. The van der Waals surface area contributed by atoms with Gasteiger partial charge in [-0.3, -0.25) is 4.79 Å². The van der Waals surface area contributed by atoms with Crippen LogP contribution in [0.15, 0.2) is 35.2 Å². The summed E-state index contributed by atoms with van der Waals surface area (Å²) in [6.07, 6.45) is 0.651. The molecule has 22 heavy (non-hydrogen) atoms. The van der Waals surface area contributed by atoms with E-state index < -0.39 is 5.54 Å². The standard InChI is InChI=1S/C17H26N2O2S/c1-4-21-14-12-17(18,16(14,2)3)15(20)19-10-11-22-13-8-6-5-7-9-13/h5-9,14H,4,10-12,18H2,1-3H3,(H,19,20). The molecule has 1 aliphatic carbocycles. The van der Waals surface area contributed by atoms with Crippen molar-refractivity contribution in [3.8, 4) is 0 Å². The average Bonchev–Trinajstić information content (AvgIpc) is 2.52. The predicted molar refractivity (Wildman–Crippen MR) is 90.9 cm³/mol. The minimum absolute atomic E-state index is 0.0620. The van der Waals surface area contributed by atoms with Crippen molar-refractivity contribution in [1.82, 2.24) is 5.32 Å². The van der Waals surface area contributed by atoms with Gasteiger partial charge in [0.25, 0.3) is 0 Å². The topological polar surface area (TPSA) is 64.3 Å². The molecule has 122 valence electrons. The molecule has 2 rings (SSSR count). The molecule has 0 aromatic heterocycles. The van der Waals surface area contributed by atoms with Crippen molar-refractivity contribution in [3.63, 3.8) is 0 Å². The number of thioether (sulfide) groups is 1. The van der Waals surface area contributed by atoms with E-state index in [-0.39, 0.29) is 17.4 Å². The van der Waals surface area contributed by atoms with Gasteiger partial charge < -0.3 is 15.8 Å². The molecule has 1 aliphatic rings. The zero-order valence-electron chi connectivity index (χ0n) is 13.6. The van der Waals surface area contributed by atoms with Crippen LogP contribution in [-0.4, -0.2) is 36.5 Å². The summed E-state index contributed by atoms with van der Waals surface area (Å²) < 4.78 is 5.66. The van der Waals surface area contributed by atoms with Crippen LogP contribution in [0.25, 0.3) is 0 Å². The number of hydrogen-bond donors (Lipinski definition) is 2. The molecular weight excluding hydrogens is 296 g/mol. The molecule has 0 bridgehead atoms. The second-order valence-electron chi connectivity index (χ2n) is 6.26. The van der Waals surface area contributed by atoms with Crippen molar-refractivity contribution in [2.45, 2.75) is 43.7 Å². The highest BCUT2D eigenvalue weighted by Gasteiger charge is 2.62. The number of ether oxygens (including phenoxy) is 1. The molecule has 1 aromatic carbocycles. The van der Waals surface area contributed by atoms with E-state index in [4.69, 9.17) is 10.5 Å². The summed E-state index contributed by atoms with van der Waals surface area (Å²) >= 11 is 1.73. The maximum absolute atomic E-state index is 12.4. The van der Waals surface area contributed by atoms with E-state index in [1.165, 1.54) is 4.90 Å². The first-order valence-corrected chi connectivity index (χ1v) is 8.77. The molecule has 0 aliphatic heterocycles. The monoisotopic (exact) mass is 322 g/mol. The molecule has 0 saturated heterocycles. The average molecular weight is 322 g/mol. The molecule has 1 amide bonds. The van der Waals surface area contributed by atoms with Crippen LogP contribution >= 0.6 is 11.8 Å². The summed E-state index contributed by atoms with van der Waals surface area (Å²) in [5.74, 6) is 0.767. The van der Waals surface area contributed by atoms with Crippen molar-refractivity contribution >= 4 is 17.7 Å². The Bertz CT molecular complexity index is 507. The Labute approximate surface area is 137 Å². The molecule has 5 heteroatoms. The van der Waals surface area contributed by atoms with E-state index in [1.807, 2.05) is 39.0 Å². The third-order valence-corrected chi connectivity index (χ3v) is 5.65. The number of nitrogens with one attached hydrogen (secondary N) is 1. The number of rotatable bonds is 7. The van der Waals surface area contributed by atoms with Crippen molar-refractivity contribution in [2.24, 2.45) is 11.1 Å². The molecule has 1 aromatic rings. The quantitative estimate of drug-likeness (QED) is 0.598. The second kappa shape index (κ2) is 7.02. The van der Waals surface area contributed by atoms with Gasteiger partial charge in [-0.05, 0) is 19.1 Å². The van der Waals surface area contributed by atoms with Gasteiger partial charge in [-0.1, -0.05) is 32.0 Å². The van der Waals surface area contributed by atoms with Gasteiger partial charge in [0.1, 0.15) is 5.54 Å². The Morgan fingerprint density at radius 2 is 2.09 bits per heavy atom. The van der Waals surface area contributed by atoms with Crippen LogP contribution in [0.1, 0.15) is 27.2 Å². The molecule has 2 atom stereocenters. The highest BCUT2D eigenvalue weighted by molar-refractivity contribution is 7.99. The first-order valence-electron chi connectivity index (χ1n) is 7.78. The lowest BCUT2D eigenvalue weighted by molar-refractivity contribution is -0.170. The van der Waals surface area contributed by atoms with E-state index in [0.29, 0.717) is 19.6 Å². The zero-order chi connectivity index (χ0) is 16.2. The number of amides is 1. The normalized spacial score (nSPS) is 26.3. The van der Waals surface area contributed by atoms with Gasteiger partial charge in [-0.25, -0.2) is 0 Å². The Morgan fingerprint density at radius 3 is 2.68 bits per heavy atom. The minimum Gasteiger partial charge on any atom is -0.378 e.